The Labute approximate surface area is 97.7 Å². The smallest absolute Gasteiger partial charge is 0.309 e. The molecule has 1 heterocycles. The minimum atomic E-state index is -1.14. The number of carboxylic acids is 1. The fraction of sp³-hybridized carbons (Fsp3) is 0.250. The molecule has 0 fully saturated rings. The molecule has 1 aromatic rings. The third-order valence-electron chi connectivity index (χ3n) is 2.55. The van der Waals surface area contributed by atoms with Crippen molar-refractivity contribution in [3.05, 3.63) is 47.6 Å². The highest BCUT2D eigenvalue weighted by Gasteiger charge is 2.39. The average Bonchev–Trinajstić information content (AvgIpc) is 2.61. The van der Waals surface area contributed by atoms with Gasteiger partial charge >= 0.3 is 5.97 Å². The van der Waals surface area contributed by atoms with Crippen molar-refractivity contribution in [3.63, 3.8) is 0 Å². The number of halogens is 1. The maximum atomic E-state index is 12.8. The minimum Gasteiger partial charge on any atom is -0.481 e. The van der Waals surface area contributed by atoms with Crippen LogP contribution in [-0.2, 0) is 15.3 Å². The summed E-state index contributed by atoms with van der Waals surface area (Å²) in [6.45, 7) is 1.72. The Bertz CT molecular complexity index is 469. The molecule has 0 saturated carbocycles. The number of ether oxygens (including phenoxy) is 1. The van der Waals surface area contributed by atoms with E-state index >= 15 is 0 Å². The molecule has 5 heteroatoms. The topological polar surface area (TPSA) is 58.6 Å². The van der Waals surface area contributed by atoms with Gasteiger partial charge in [0.1, 0.15) is 18.0 Å². The van der Waals surface area contributed by atoms with E-state index in [9.17, 15) is 9.18 Å². The van der Waals surface area contributed by atoms with Gasteiger partial charge in [-0.15, -0.1) is 0 Å². The molecule has 17 heavy (non-hydrogen) atoms. The first-order valence-electron chi connectivity index (χ1n) is 5.13. The van der Waals surface area contributed by atoms with Gasteiger partial charge in [-0.2, -0.15) is 0 Å². The zero-order valence-electron chi connectivity index (χ0n) is 9.24. The van der Waals surface area contributed by atoms with Crippen LogP contribution in [0.25, 0.3) is 0 Å². The molecule has 1 aliphatic rings. The molecule has 0 bridgehead atoms. The van der Waals surface area contributed by atoms with Crippen molar-refractivity contribution in [2.24, 2.45) is 0 Å². The van der Waals surface area contributed by atoms with E-state index in [1.165, 1.54) is 24.3 Å². The lowest BCUT2D eigenvalue weighted by atomic mass is 9.99. The summed E-state index contributed by atoms with van der Waals surface area (Å²) in [7, 11) is 0. The molecule has 0 spiro atoms. The SMILES string of the molecule is CC1=CNC(CC(=O)O)(c2ccc(F)cc2)O1. The number of rotatable bonds is 3. The first-order valence-corrected chi connectivity index (χ1v) is 5.13. The van der Waals surface area contributed by atoms with E-state index in [0.29, 0.717) is 11.3 Å². The van der Waals surface area contributed by atoms with Crippen LogP contribution in [0.5, 0.6) is 0 Å². The first-order chi connectivity index (χ1) is 8.02. The van der Waals surface area contributed by atoms with Gasteiger partial charge < -0.3 is 15.2 Å². The van der Waals surface area contributed by atoms with E-state index in [1.807, 2.05) is 0 Å². The average molecular weight is 237 g/mol. The van der Waals surface area contributed by atoms with Crippen molar-refractivity contribution in [1.82, 2.24) is 5.32 Å². The summed E-state index contributed by atoms with van der Waals surface area (Å²) in [5.74, 6) is -0.776. The number of nitrogens with one attached hydrogen (secondary N) is 1. The quantitative estimate of drug-likeness (QED) is 0.843. The van der Waals surface area contributed by atoms with Crippen molar-refractivity contribution < 1.29 is 19.0 Å². The van der Waals surface area contributed by atoms with Gasteiger partial charge in [-0.3, -0.25) is 4.79 Å². The summed E-state index contributed by atoms with van der Waals surface area (Å²) in [5, 5.41) is 11.8. The molecule has 0 saturated heterocycles. The predicted octanol–water partition coefficient (Wildman–Crippen LogP) is 1.93. The minimum absolute atomic E-state index is 0.244. The summed E-state index contributed by atoms with van der Waals surface area (Å²) in [4.78, 5) is 10.9. The maximum absolute atomic E-state index is 12.8. The van der Waals surface area contributed by atoms with Crippen LogP contribution in [0.2, 0.25) is 0 Å². The molecule has 0 aliphatic carbocycles. The first kappa shape index (κ1) is 11.4. The predicted molar refractivity (Wildman–Crippen MR) is 58.3 cm³/mol. The van der Waals surface area contributed by atoms with Crippen molar-refractivity contribution in [2.45, 2.75) is 19.1 Å². The molecule has 1 aliphatic heterocycles. The van der Waals surface area contributed by atoms with Gasteiger partial charge in [0.25, 0.3) is 0 Å². The second-order valence-electron chi connectivity index (χ2n) is 3.91. The number of hydrogen-bond donors (Lipinski definition) is 2. The largest absolute Gasteiger partial charge is 0.481 e. The number of aliphatic carboxylic acids is 1. The van der Waals surface area contributed by atoms with Gasteiger partial charge in [-0.05, 0) is 19.1 Å². The third-order valence-corrected chi connectivity index (χ3v) is 2.55. The molecule has 0 amide bonds. The second kappa shape index (κ2) is 4.08. The van der Waals surface area contributed by atoms with Crippen molar-refractivity contribution >= 4 is 5.97 Å². The van der Waals surface area contributed by atoms with Crippen LogP contribution in [0, 0.1) is 5.82 Å². The van der Waals surface area contributed by atoms with Crippen molar-refractivity contribution in [2.75, 3.05) is 0 Å². The lowest BCUT2D eigenvalue weighted by Crippen LogP contribution is -2.39. The number of benzene rings is 1. The Morgan fingerprint density at radius 3 is 2.59 bits per heavy atom. The van der Waals surface area contributed by atoms with Gasteiger partial charge in [0, 0.05) is 11.8 Å². The Morgan fingerprint density at radius 2 is 2.12 bits per heavy atom. The van der Waals surface area contributed by atoms with E-state index in [2.05, 4.69) is 5.32 Å². The summed E-state index contributed by atoms with van der Waals surface area (Å²) >= 11 is 0. The molecule has 4 nitrogen and oxygen atoms in total. The Balaban J connectivity index is 2.34. The molecule has 1 aromatic carbocycles. The van der Waals surface area contributed by atoms with Crippen LogP contribution in [0.1, 0.15) is 18.9 Å². The van der Waals surface area contributed by atoms with Crippen LogP contribution in [0.3, 0.4) is 0 Å². The molecule has 2 rings (SSSR count). The maximum Gasteiger partial charge on any atom is 0.309 e. The molecule has 2 N–H and O–H groups in total. The normalized spacial score (nSPS) is 22.6. The fourth-order valence-corrected chi connectivity index (χ4v) is 1.82. The fourth-order valence-electron chi connectivity index (χ4n) is 1.82. The van der Waals surface area contributed by atoms with Crippen LogP contribution in [0.4, 0.5) is 4.39 Å². The van der Waals surface area contributed by atoms with Gasteiger partial charge in [-0.25, -0.2) is 4.39 Å². The number of carboxylic acid groups (broad SMARTS) is 1. The summed E-state index contributed by atoms with van der Waals surface area (Å²) in [6.07, 6.45) is 1.36. The van der Waals surface area contributed by atoms with Crippen LogP contribution >= 0.6 is 0 Å². The highest BCUT2D eigenvalue weighted by molar-refractivity contribution is 5.68. The molecule has 90 valence electrons. The zero-order chi connectivity index (χ0) is 12.5. The van der Waals surface area contributed by atoms with Gasteiger partial charge in [0.05, 0.1) is 0 Å². The molecule has 1 atom stereocenters. The van der Waals surface area contributed by atoms with Crippen LogP contribution < -0.4 is 5.32 Å². The molecule has 0 aromatic heterocycles. The molecular weight excluding hydrogens is 225 g/mol. The van der Waals surface area contributed by atoms with E-state index in [0.717, 1.165) is 0 Å². The summed E-state index contributed by atoms with van der Waals surface area (Å²) < 4.78 is 18.4. The lowest BCUT2D eigenvalue weighted by molar-refractivity contribution is -0.144. The van der Waals surface area contributed by atoms with E-state index < -0.39 is 11.7 Å². The highest BCUT2D eigenvalue weighted by atomic mass is 19.1. The van der Waals surface area contributed by atoms with Crippen molar-refractivity contribution in [1.29, 1.82) is 0 Å². The van der Waals surface area contributed by atoms with E-state index in [4.69, 9.17) is 9.84 Å². The lowest BCUT2D eigenvalue weighted by Gasteiger charge is -2.28. The van der Waals surface area contributed by atoms with Crippen LogP contribution in [0.15, 0.2) is 36.2 Å². The van der Waals surface area contributed by atoms with E-state index in [1.54, 1.807) is 13.1 Å². The Hall–Kier alpha value is -2.04. The summed E-state index contributed by atoms with van der Waals surface area (Å²) in [6, 6.07) is 5.57. The van der Waals surface area contributed by atoms with Crippen LogP contribution in [-0.4, -0.2) is 11.1 Å². The highest BCUT2D eigenvalue weighted by Crippen LogP contribution is 2.33. The van der Waals surface area contributed by atoms with Crippen molar-refractivity contribution in [3.8, 4) is 0 Å². The molecule has 0 radical (unpaired) electrons. The zero-order valence-corrected chi connectivity index (χ0v) is 9.24. The van der Waals surface area contributed by atoms with Gasteiger partial charge in [0.15, 0.2) is 0 Å². The number of hydrogen-bond acceptors (Lipinski definition) is 3. The van der Waals surface area contributed by atoms with Gasteiger partial charge in [0.2, 0.25) is 5.72 Å². The second-order valence-corrected chi connectivity index (χ2v) is 3.91. The molecule has 1 unspecified atom stereocenters. The number of allylic oxidation sites excluding steroid dienone is 1. The third kappa shape index (κ3) is 2.22. The number of carbonyl (C=O) groups is 1. The Morgan fingerprint density at radius 1 is 1.47 bits per heavy atom. The standard InChI is InChI=1S/C12H12FNO3/c1-8-7-14-12(17-8,6-11(15)16)9-2-4-10(13)5-3-9/h2-5,7,14H,6H2,1H3,(H,15,16). The summed E-state index contributed by atoms with van der Waals surface area (Å²) in [5.41, 5.74) is -0.557. The van der Waals surface area contributed by atoms with E-state index in [-0.39, 0.29) is 12.2 Å². The monoisotopic (exact) mass is 237 g/mol. The Kier molecular flexibility index (Phi) is 2.75. The molecular formula is C12H12FNO3. The van der Waals surface area contributed by atoms with Gasteiger partial charge in [-0.1, -0.05) is 12.1 Å².